The van der Waals surface area contributed by atoms with Crippen LogP contribution in [0.1, 0.15) is 11.1 Å². The van der Waals surface area contributed by atoms with Gasteiger partial charge in [0, 0.05) is 69.2 Å². The standard InChI is InChI=1S/C29H30N6O2/c1-4-22-18-27(36)34(3)28-24(22)20-30-29(32-28)31-23-10-11-25(35-15-13-33(2)14-16-35)26(19-23)37-17-12-21-8-6-5-7-9-21/h1,5-11,18-20H,12-17H2,2-3H3,(H,30,31,32). The Bertz CT molecular complexity index is 1500. The van der Waals surface area contributed by atoms with E-state index in [0.717, 1.165) is 49.7 Å². The number of ether oxygens (including phenoxy) is 1. The number of nitrogens with zero attached hydrogens (tertiary/aromatic N) is 5. The minimum absolute atomic E-state index is 0.212. The van der Waals surface area contributed by atoms with Crippen LogP contribution in [0.2, 0.25) is 0 Å². The summed E-state index contributed by atoms with van der Waals surface area (Å²) in [5, 5.41) is 3.93. The predicted octanol–water partition coefficient (Wildman–Crippen LogP) is 3.43. The molecule has 37 heavy (non-hydrogen) atoms. The van der Waals surface area contributed by atoms with E-state index in [1.165, 1.54) is 16.2 Å². The first kappa shape index (κ1) is 24.3. The van der Waals surface area contributed by atoms with Crippen molar-refractivity contribution in [2.24, 2.45) is 7.05 Å². The second kappa shape index (κ2) is 10.7. The van der Waals surface area contributed by atoms with Crippen molar-refractivity contribution in [1.82, 2.24) is 19.4 Å². The number of hydrogen-bond donors (Lipinski definition) is 1. The lowest BCUT2D eigenvalue weighted by atomic mass is 10.1. The lowest BCUT2D eigenvalue weighted by Crippen LogP contribution is -2.44. The van der Waals surface area contributed by atoms with Crippen LogP contribution in [0.15, 0.2) is 65.6 Å². The molecule has 8 heteroatoms. The van der Waals surface area contributed by atoms with E-state index in [4.69, 9.17) is 11.2 Å². The molecule has 0 amide bonds. The molecule has 4 aromatic rings. The van der Waals surface area contributed by atoms with Gasteiger partial charge in [-0.3, -0.25) is 9.36 Å². The molecule has 0 atom stereocenters. The molecular weight excluding hydrogens is 464 g/mol. The first-order valence-electron chi connectivity index (χ1n) is 12.4. The fourth-order valence-electron chi connectivity index (χ4n) is 4.47. The van der Waals surface area contributed by atoms with Gasteiger partial charge in [0.1, 0.15) is 11.4 Å². The van der Waals surface area contributed by atoms with E-state index in [-0.39, 0.29) is 5.56 Å². The van der Waals surface area contributed by atoms with Gasteiger partial charge >= 0.3 is 0 Å². The fraction of sp³-hybridized carbons (Fsp3) is 0.276. The highest BCUT2D eigenvalue weighted by Crippen LogP contribution is 2.33. The van der Waals surface area contributed by atoms with E-state index in [0.29, 0.717) is 29.2 Å². The number of anilines is 3. The maximum absolute atomic E-state index is 12.3. The highest BCUT2D eigenvalue weighted by Gasteiger charge is 2.19. The first-order valence-corrected chi connectivity index (χ1v) is 12.4. The normalized spacial score (nSPS) is 13.9. The van der Waals surface area contributed by atoms with Crippen molar-refractivity contribution in [2.45, 2.75) is 6.42 Å². The average molecular weight is 495 g/mol. The second-order valence-corrected chi connectivity index (χ2v) is 9.21. The molecule has 3 heterocycles. The number of aromatic nitrogens is 3. The molecule has 2 aromatic heterocycles. The molecule has 1 N–H and O–H groups in total. The van der Waals surface area contributed by atoms with Crippen molar-refractivity contribution < 1.29 is 4.74 Å². The molecule has 1 aliphatic heterocycles. The summed E-state index contributed by atoms with van der Waals surface area (Å²) in [5.41, 5.74) is 3.86. The summed E-state index contributed by atoms with van der Waals surface area (Å²) in [6.07, 6.45) is 8.05. The number of likely N-dealkylation sites (N-methyl/N-ethyl adjacent to an activating group) is 1. The Kier molecular flexibility index (Phi) is 7.06. The molecule has 188 valence electrons. The molecular formula is C29H30N6O2. The van der Waals surface area contributed by atoms with Crippen LogP contribution in [-0.4, -0.2) is 59.3 Å². The number of nitrogens with one attached hydrogen (secondary N) is 1. The van der Waals surface area contributed by atoms with Gasteiger partial charge in [0.25, 0.3) is 5.56 Å². The largest absolute Gasteiger partial charge is 0.491 e. The number of rotatable bonds is 7. The van der Waals surface area contributed by atoms with Crippen LogP contribution in [0.5, 0.6) is 5.75 Å². The number of benzene rings is 2. The number of hydrogen-bond acceptors (Lipinski definition) is 7. The molecule has 1 fully saturated rings. The van der Waals surface area contributed by atoms with Crippen molar-refractivity contribution in [3.05, 3.63) is 82.3 Å². The maximum Gasteiger partial charge on any atom is 0.253 e. The molecule has 2 aromatic carbocycles. The molecule has 0 aliphatic carbocycles. The zero-order valence-electron chi connectivity index (χ0n) is 21.1. The highest BCUT2D eigenvalue weighted by atomic mass is 16.5. The molecule has 5 rings (SSSR count). The van der Waals surface area contributed by atoms with Crippen LogP contribution < -0.4 is 20.5 Å². The molecule has 0 unspecified atom stereocenters. The van der Waals surface area contributed by atoms with Crippen LogP contribution in [0.25, 0.3) is 11.0 Å². The van der Waals surface area contributed by atoms with Crippen LogP contribution in [0.4, 0.5) is 17.3 Å². The number of aryl methyl sites for hydroxylation is 1. The van der Waals surface area contributed by atoms with E-state index in [2.05, 4.69) is 56.3 Å². The van der Waals surface area contributed by atoms with Crippen molar-refractivity contribution >= 4 is 28.4 Å². The van der Waals surface area contributed by atoms with E-state index in [1.807, 2.05) is 30.3 Å². The maximum atomic E-state index is 12.3. The zero-order chi connectivity index (χ0) is 25.8. The topological polar surface area (TPSA) is 75.5 Å². The van der Waals surface area contributed by atoms with E-state index in [1.54, 1.807) is 13.2 Å². The summed E-state index contributed by atoms with van der Waals surface area (Å²) in [6, 6.07) is 17.8. The summed E-state index contributed by atoms with van der Waals surface area (Å²) in [5.74, 6) is 3.74. The van der Waals surface area contributed by atoms with Crippen LogP contribution in [0.3, 0.4) is 0 Å². The molecule has 0 saturated carbocycles. The highest BCUT2D eigenvalue weighted by molar-refractivity contribution is 5.82. The van der Waals surface area contributed by atoms with E-state index < -0.39 is 0 Å². The predicted molar refractivity (Wildman–Crippen MR) is 148 cm³/mol. The number of piperazine rings is 1. The van der Waals surface area contributed by atoms with Gasteiger partial charge < -0.3 is 19.9 Å². The SMILES string of the molecule is C#Cc1cc(=O)n(C)c2nc(Nc3ccc(N4CCN(C)CC4)c(OCCc4ccccc4)c3)ncc12. The molecule has 1 aliphatic rings. The van der Waals surface area contributed by atoms with Gasteiger partial charge in [0.2, 0.25) is 5.95 Å². The molecule has 0 bridgehead atoms. The third-order valence-electron chi connectivity index (χ3n) is 6.68. The third kappa shape index (κ3) is 5.42. The monoisotopic (exact) mass is 494 g/mol. The summed E-state index contributed by atoms with van der Waals surface area (Å²) in [6.45, 7) is 4.46. The van der Waals surface area contributed by atoms with Gasteiger partial charge in [0.05, 0.1) is 17.7 Å². The number of fused-ring (bicyclic) bond motifs is 1. The summed E-state index contributed by atoms with van der Waals surface area (Å²) < 4.78 is 7.80. The first-order chi connectivity index (χ1) is 18.0. The minimum atomic E-state index is -0.212. The fourth-order valence-corrected chi connectivity index (χ4v) is 4.47. The Labute approximate surface area is 216 Å². The second-order valence-electron chi connectivity index (χ2n) is 9.21. The van der Waals surface area contributed by atoms with Gasteiger partial charge in [-0.05, 0) is 24.7 Å². The molecule has 1 saturated heterocycles. The summed E-state index contributed by atoms with van der Waals surface area (Å²) in [7, 11) is 3.82. The lowest BCUT2D eigenvalue weighted by molar-refractivity contribution is 0.303. The zero-order valence-corrected chi connectivity index (χ0v) is 21.1. The minimum Gasteiger partial charge on any atom is -0.491 e. The van der Waals surface area contributed by atoms with E-state index >= 15 is 0 Å². The Morgan fingerprint density at radius 3 is 2.59 bits per heavy atom. The van der Waals surface area contributed by atoms with Crippen molar-refractivity contribution in [1.29, 1.82) is 0 Å². The quantitative estimate of drug-likeness (QED) is 0.395. The van der Waals surface area contributed by atoms with Gasteiger partial charge in [-0.1, -0.05) is 36.3 Å². The lowest BCUT2D eigenvalue weighted by Gasteiger charge is -2.35. The molecule has 0 spiro atoms. The smallest absolute Gasteiger partial charge is 0.253 e. The Morgan fingerprint density at radius 2 is 1.84 bits per heavy atom. The Morgan fingerprint density at radius 1 is 1.05 bits per heavy atom. The van der Waals surface area contributed by atoms with Crippen LogP contribution >= 0.6 is 0 Å². The Balaban J connectivity index is 1.42. The van der Waals surface area contributed by atoms with Gasteiger partial charge in [0.15, 0.2) is 0 Å². The van der Waals surface area contributed by atoms with E-state index in [9.17, 15) is 4.79 Å². The van der Waals surface area contributed by atoms with Crippen molar-refractivity contribution in [3.63, 3.8) is 0 Å². The van der Waals surface area contributed by atoms with Gasteiger partial charge in [-0.2, -0.15) is 4.98 Å². The van der Waals surface area contributed by atoms with Crippen LogP contribution in [0, 0.1) is 12.3 Å². The number of pyridine rings is 1. The third-order valence-corrected chi connectivity index (χ3v) is 6.68. The van der Waals surface area contributed by atoms with Crippen LogP contribution in [-0.2, 0) is 13.5 Å². The summed E-state index contributed by atoms with van der Waals surface area (Å²) >= 11 is 0. The molecule has 0 radical (unpaired) electrons. The summed E-state index contributed by atoms with van der Waals surface area (Å²) in [4.78, 5) is 26.0. The van der Waals surface area contributed by atoms with Gasteiger partial charge in [-0.25, -0.2) is 4.98 Å². The average Bonchev–Trinajstić information content (AvgIpc) is 2.92. The van der Waals surface area contributed by atoms with Crippen molar-refractivity contribution in [3.8, 4) is 18.1 Å². The van der Waals surface area contributed by atoms with Gasteiger partial charge in [-0.15, -0.1) is 6.42 Å². The molecule has 8 nitrogen and oxygen atoms in total. The number of terminal acetylenes is 1. The Hall–Kier alpha value is -4.35. The van der Waals surface area contributed by atoms with Crippen molar-refractivity contribution in [2.75, 3.05) is 50.1 Å².